The fourth-order valence-electron chi connectivity index (χ4n) is 0.953. The molecule has 1 aromatic carbocycles. The van der Waals surface area contributed by atoms with Crippen molar-refractivity contribution in [2.45, 2.75) is 13.5 Å². The smallest absolute Gasteiger partial charge is 0.167 e. The van der Waals surface area contributed by atoms with Gasteiger partial charge in [0.2, 0.25) is 0 Å². The van der Waals surface area contributed by atoms with Crippen molar-refractivity contribution in [1.82, 2.24) is 0 Å². The molecular formula is C10H14ClN. The van der Waals surface area contributed by atoms with E-state index >= 15 is 0 Å². The average molecular weight is 184 g/mol. The molecule has 0 aromatic heterocycles. The molecule has 0 N–H and O–H groups in total. The van der Waals surface area contributed by atoms with Gasteiger partial charge in [0.15, 0.2) is 6.54 Å². The zero-order valence-electron chi connectivity index (χ0n) is 7.33. The first-order chi connectivity index (χ1) is 5.33. The summed E-state index contributed by atoms with van der Waals surface area (Å²) in [7, 11) is 0. The van der Waals surface area contributed by atoms with E-state index in [9.17, 15) is 0 Å². The standard InChI is InChI=1S/C10H14N.ClH/c1-3-11(2)9-10-7-5-4-6-8-10;/h4-8H,2-3,9H2,1H3;1H/q+1;/p-1. The molecule has 0 saturated heterocycles. The third kappa shape index (κ3) is 3.54. The van der Waals surface area contributed by atoms with Crippen molar-refractivity contribution < 1.29 is 17.0 Å². The summed E-state index contributed by atoms with van der Waals surface area (Å²) in [5.74, 6) is 0. The predicted octanol–water partition coefficient (Wildman–Crippen LogP) is -1.08. The van der Waals surface area contributed by atoms with Gasteiger partial charge in [0.25, 0.3) is 0 Å². The zero-order valence-corrected chi connectivity index (χ0v) is 8.09. The van der Waals surface area contributed by atoms with Crippen LogP contribution < -0.4 is 12.4 Å². The summed E-state index contributed by atoms with van der Waals surface area (Å²) >= 11 is 0. The monoisotopic (exact) mass is 183 g/mol. The minimum atomic E-state index is 0. The molecule has 0 unspecified atom stereocenters. The summed E-state index contributed by atoms with van der Waals surface area (Å²) in [4.78, 5) is 0. The van der Waals surface area contributed by atoms with Crippen molar-refractivity contribution in [3.63, 3.8) is 0 Å². The summed E-state index contributed by atoms with van der Waals surface area (Å²) in [5, 5.41) is 0. The highest BCUT2D eigenvalue weighted by Crippen LogP contribution is 1.98. The van der Waals surface area contributed by atoms with E-state index in [1.807, 2.05) is 10.6 Å². The molecule has 0 spiro atoms. The second-order valence-electron chi connectivity index (χ2n) is 2.63. The van der Waals surface area contributed by atoms with Gasteiger partial charge in [0.05, 0.1) is 0 Å². The Bertz CT molecular complexity index is 231. The Morgan fingerprint density at radius 2 is 1.83 bits per heavy atom. The fraction of sp³-hybridized carbons (Fsp3) is 0.300. The van der Waals surface area contributed by atoms with E-state index in [0.29, 0.717) is 0 Å². The highest BCUT2D eigenvalue weighted by molar-refractivity contribution is 5.17. The van der Waals surface area contributed by atoms with Crippen LogP contribution in [0.25, 0.3) is 0 Å². The molecule has 1 aromatic rings. The van der Waals surface area contributed by atoms with Crippen LogP contribution in [-0.2, 0) is 6.54 Å². The molecule has 1 nitrogen and oxygen atoms in total. The Kier molecular flexibility index (Phi) is 5.39. The largest absolute Gasteiger partial charge is 1.00 e. The van der Waals surface area contributed by atoms with Crippen LogP contribution in [0.4, 0.5) is 0 Å². The van der Waals surface area contributed by atoms with E-state index < -0.39 is 0 Å². The van der Waals surface area contributed by atoms with Crippen LogP contribution in [0.1, 0.15) is 12.5 Å². The van der Waals surface area contributed by atoms with E-state index in [1.165, 1.54) is 5.56 Å². The molecule has 0 radical (unpaired) electrons. The zero-order chi connectivity index (χ0) is 8.10. The maximum absolute atomic E-state index is 3.89. The Hall–Kier alpha value is -0.820. The summed E-state index contributed by atoms with van der Waals surface area (Å²) in [5.41, 5.74) is 1.32. The lowest BCUT2D eigenvalue weighted by Crippen LogP contribution is -3.00. The van der Waals surface area contributed by atoms with Crippen LogP contribution in [0.2, 0.25) is 0 Å². The molecule has 66 valence electrons. The van der Waals surface area contributed by atoms with Crippen LogP contribution in [0, 0.1) is 0 Å². The van der Waals surface area contributed by atoms with Crippen molar-refractivity contribution >= 4 is 6.72 Å². The molecule has 0 amide bonds. The Morgan fingerprint density at radius 1 is 1.25 bits per heavy atom. The first-order valence-corrected chi connectivity index (χ1v) is 3.92. The number of rotatable bonds is 3. The molecular weight excluding hydrogens is 170 g/mol. The molecule has 2 heteroatoms. The molecule has 0 aliphatic carbocycles. The lowest BCUT2D eigenvalue weighted by Gasteiger charge is -1.97. The van der Waals surface area contributed by atoms with Gasteiger partial charge in [0, 0.05) is 5.56 Å². The predicted molar refractivity (Wildman–Crippen MR) is 48.1 cm³/mol. The summed E-state index contributed by atoms with van der Waals surface area (Å²) < 4.78 is 2.04. The van der Waals surface area contributed by atoms with Crippen LogP contribution in [0.15, 0.2) is 30.3 Å². The van der Waals surface area contributed by atoms with Gasteiger partial charge < -0.3 is 12.4 Å². The highest BCUT2D eigenvalue weighted by atomic mass is 35.5. The van der Waals surface area contributed by atoms with Crippen LogP contribution in [0.3, 0.4) is 0 Å². The number of halogens is 1. The molecule has 1 rings (SSSR count). The van der Waals surface area contributed by atoms with Gasteiger partial charge in [-0.15, -0.1) is 0 Å². The normalized spacial score (nSPS) is 8.75. The highest BCUT2D eigenvalue weighted by Gasteiger charge is 1.97. The number of nitrogens with zero attached hydrogens (tertiary/aromatic N) is 1. The summed E-state index contributed by atoms with van der Waals surface area (Å²) in [6, 6.07) is 10.4. The summed E-state index contributed by atoms with van der Waals surface area (Å²) in [6.07, 6.45) is 0. The molecule has 0 aliphatic heterocycles. The van der Waals surface area contributed by atoms with Crippen LogP contribution >= 0.6 is 0 Å². The lowest BCUT2D eigenvalue weighted by molar-refractivity contribution is -0.532. The average Bonchev–Trinajstić information content (AvgIpc) is 2.06. The third-order valence-corrected chi connectivity index (χ3v) is 1.70. The number of benzene rings is 1. The quantitative estimate of drug-likeness (QED) is 0.415. The topological polar surface area (TPSA) is 3.01 Å². The summed E-state index contributed by atoms with van der Waals surface area (Å²) in [6.45, 7) is 7.93. The van der Waals surface area contributed by atoms with Gasteiger partial charge in [0.1, 0.15) is 13.3 Å². The van der Waals surface area contributed by atoms with Crippen molar-refractivity contribution in [2.24, 2.45) is 0 Å². The van der Waals surface area contributed by atoms with Crippen LogP contribution in [-0.4, -0.2) is 17.8 Å². The minimum Gasteiger partial charge on any atom is -1.00 e. The first-order valence-electron chi connectivity index (χ1n) is 3.92. The maximum Gasteiger partial charge on any atom is 0.167 e. The second-order valence-corrected chi connectivity index (χ2v) is 2.63. The number of hydrogen-bond acceptors (Lipinski definition) is 0. The van der Waals surface area contributed by atoms with E-state index in [2.05, 4.69) is 37.9 Å². The van der Waals surface area contributed by atoms with Crippen molar-refractivity contribution in [1.29, 1.82) is 0 Å². The fourth-order valence-corrected chi connectivity index (χ4v) is 0.953. The van der Waals surface area contributed by atoms with Crippen molar-refractivity contribution in [3.05, 3.63) is 35.9 Å². The Labute approximate surface area is 80.1 Å². The third-order valence-electron chi connectivity index (χ3n) is 1.70. The van der Waals surface area contributed by atoms with E-state index in [-0.39, 0.29) is 12.4 Å². The molecule has 12 heavy (non-hydrogen) atoms. The van der Waals surface area contributed by atoms with Gasteiger partial charge >= 0.3 is 0 Å². The molecule has 0 bridgehead atoms. The van der Waals surface area contributed by atoms with Gasteiger partial charge in [-0.2, -0.15) is 0 Å². The van der Waals surface area contributed by atoms with Gasteiger partial charge in [-0.1, -0.05) is 30.3 Å². The van der Waals surface area contributed by atoms with E-state index in [4.69, 9.17) is 0 Å². The van der Waals surface area contributed by atoms with Gasteiger partial charge in [-0.05, 0) is 6.92 Å². The first kappa shape index (κ1) is 11.2. The van der Waals surface area contributed by atoms with E-state index in [0.717, 1.165) is 13.1 Å². The van der Waals surface area contributed by atoms with Crippen molar-refractivity contribution in [3.8, 4) is 0 Å². The molecule has 0 atom stereocenters. The van der Waals surface area contributed by atoms with Gasteiger partial charge in [-0.3, -0.25) is 0 Å². The second kappa shape index (κ2) is 5.78. The molecule has 0 aliphatic rings. The Morgan fingerprint density at radius 3 is 2.33 bits per heavy atom. The number of hydrogen-bond donors (Lipinski definition) is 0. The van der Waals surface area contributed by atoms with Crippen molar-refractivity contribution in [2.75, 3.05) is 6.54 Å². The molecule has 0 heterocycles. The minimum absolute atomic E-state index is 0. The van der Waals surface area contributed by atoms with E-state index in [1.54, 1.807) is 0 Å². The van der Waals surface area contributed by atoms with Gasteiger partial charge in [-0.25, -0.2) is 4.58 Å². The lowest BCUT2D eigenvalue weighted by atomic mass is 10.2. The Balaban J connectivity index is 0.00000121. The SMILES string of the molecule is C=[N+](CC)Cc1ccccc1.[Cl-]. The van der Waals surface area contributed by atoms with Crippen LogP contribution in [0.5, 0.6) is 0 Å². The molecule has 0 fully saturated rings. The molecule has 0 saturated carbocycles. The maximum atomic E-state index is 3.89.